The van der Waals surface area contributed by atoms with Gasteiger partial charge >= 0.3 is 0 Å². The molecule has 0 saturated heterocycles. The van der Waals surface area contributed by atoms with Crippen molar-refractivity contribution in [1.82, 2.24) is 5.43 Å². The average Bonchev–Trinajstić information content (AvgIpc) is 2.61. The molecule has 9 heteroatoms. The Bertz CT molecular complexity index is 872. The van der Waals surface area contributed by atoms with Crippen molar-refractivity contribution in [3.05, 3.63) is 50.9 Å². The van der Waals surface area contributed by atoms with E-state index < -0.39 is 11.8 Å². The number of ether oxygens (including phenoxy) is 1. The van der Waals surface area contributed by atoms with E-state index in [0.717, 1.165) is 4.47 Å². The van der Waals surface area contributed by atoms with Crippen LogP contribution in [0.25, 0.3) is 0 Å². The number of amides is 2. The van der Waals surface area contributed by atoms with Crippen molar-refractivity contribution in [2.45, 2.75) is 13.3 Å². The first-order valence-corrected chi connectivity index (χ1v) is 9.51. The second-order valence-corrected chi connectivity index (χ2v) is 6.99. The zero-order chi connectivity index (χ0) is 19.8. The summed E-state index contributed by atoms with van der Waals surface area (Å²) in [6.07, 6.45) is 1.01. The molecule has 2 rings (SSSR count). The summed E-state index contributed by atoms with van der Waals surface area (Å²) in [5, 5.41) is 16.3. The molecular weight excluding hydrogens is 482 g/mol. The van der Waals surface area contributed by atoms with Crippen LogP contribution in [-0.2, 0) is 9.59 Å². The fourth-order valence-electron chi connectivity index (χ4n) is 2.05. The third-order valence-corrected chi connectivity index (χ3v) is 4.52. The molecular formula is C18H17Br2N3O4. The van der Waals surface area contributed by atoms with Crippen molar-refractivity contribution >= 4 is 55.6 Å². The van der Waals surface area contributed by atoms with Gasteiger partial charge in [-0.3, -0.25) is 9.59 Å². The Morgan fingerprint density at radius 3 is 2.63 bits per heavy atom. The van der Waals surface area contributed by atoms with Crippen LogP contribution < -0.4 is 15.5 Å². The van der Waals surface area contributed by atoms with Gasteiger partial charge in [0.15, 0.2) is 11.5 Å². The third kappa shape index (κ3) is 6.37. The van der Waals surface area contributed by atoms with Crippen LogP contribution in [0.4, 0.5) is 5.69 Å². The molecule has 3 N–H and O–H groups in total. The standard InChI is InChI=1S/C18H17Br2N3O4/c1-2-27-15-8-11(7-13(20)18(15)26)10-21-23-17(25)9-16(24)22-14-6-4-3-5-12(14)19/h3-8,10,26H,2,9H2,1H3,(H,22,24)(H,23,25)/b21-10+. The van der Waals surface area contributed by atoms with E-state index in [1.54, 1.807) is 37.3 Å². The van der Waals surface area contributed by atoms with Gasteiger partial charge in [-0.2, -0.15) is 5.10 Å². The normalized spacial score (nSPS) is 10.6. The molecule has 0 heterocycles. The monoisotopic (exact) mass is 497 g/mol. The quantitative estimate of drug-likeness (QED) is 0.307. The fraction of sp³-hybridized carbons (Fsp3) is 0.167. The SMILES string of the molecule is CCOc1cc(/C=N/NC(=O)CC(=O)Nc2ccccc2Br)cc(Br)c1O. The summed E-state index contributed by atoms with van der Waals surface area (Å²) in [4.78, 5) is 23.7. The Morgan fingerprint density at radius 1 is 1.19 bits per heavy atom. The number of halogens is 2. The maximum absolute atomic E-state index is 11.9. The zero-order valence-electron chi connectivity index (χ0n) is 14.3. The van der Waals surface area contributed by atoms with Gasteiger partial charge in [-0.1, -0.05) is 12.1 Å². The van der Waals surface area contributed by atoms with Crippen molar-refractivity contribution in [2.75, 3.05) is 11.9 Å². The number of benzene rings is 2. The fourth-order valence-corrected chi connectivity index (χ4v) is 2.90. The van der Waals surface area contributed by atoms with Crippen molar-refractivity contribution in [3.63, 3.8) is 0 Å². The largest absolute Gasteiger partial charge is 0.503 e. The van der Waals surface area contributed by atoms with Gasteiger partial charge in [0.05, 0.1) is 23.0 Å². The molecule has 0 spiro atoms. The minimum absolute atomic E-state index is 0.0122. The first kappa shape index (κ1) is 20.9. The number of hydrazone groups is 1. The molecule has 0 aliphatic rings. The first-order valence-electron chi connectivity index (χ1n) is 7.92. The predicted octanol–water partition coefficient (Wildman–Crippen LogP) is 3.79. The summed E-state index contributed by atoms with van der Waals surface area (Å²) in [5.41, 5.74) is 3.47. The molecule has 2 amide bonds. The first-order chi connectivity index (χ1) is 12.9. The molecule has 7 nitrogen and oxygen atoms in total. The molecule has 0 aromatic heterocycles. The highest BCUT2D eigenvalue weighted by Crippen LogP contribution is 2.35. The van der Waals surface area contributed by atoms with Gasteiger partial charge in [-0.25, -0.2) is 5.43 Å². The van der Waals surface area contributed by atoms with Gasteiger partial charge in [0.25, 0.3) is 0 Å². The van der Waals surface area contributed by atoms with Gasteiger partial charge < -0.3 is 15.2 Å². The van der Waals surface area contributed by atoms with E-state index in [1.165, 1.54) is 6.21 Å². The number of anilines is 1. The lowest BCUT2D eigenvalue weighted by Gasteiger charge is -2.08. The summed E-state index contributed by atoms with van der Waals surface area (Å²) in [6, 6.07) is 10.3. The number of carbonyl (C=O) groups is 2. The summed E-state index contributed by atoms with van der Waals surface area (Å²) in [5.74, 6) is -0.728. The topological polar surface area (TPSA) is 100 Å². The highest BCUT2D eigenvalue weighted by molar-refractivity contribution is 9.11. The Labute approximate surface area is 173 Å². The number of nitrogens with one attached hydrogen (secondary N) is 2. The van der Waals surface area contributed by atoms with Crippen LogP contribution in [0.5, 0.6) is 11.5 Å². The van der Waals surface area contributed by atoms with E-state index in [2.05, 4.69) is 47.7 Å². The zero-order valence-corrected chi connectivity index (χ0v) is 17.5. The highest BCUT2D eigenvalue weighted by atomic mass is 79.9. The lowest BCUT2D eigenvalue weighted by Crippen LogP contribution is -2.24. The highest BCUT2D eigenvalue weighted by Gasteiger charge is 2.11. The van der Waals surface area contributed by atoms with Gasteiger partial charge in [0.1, 0.15) is 6.42 Å². The molecule has 27 heavy (non-hydrogen) atoms. The van der Waals surface area contributed by atoms with E-state index in [0.29, 0.717) is 28.1 Å². The number of hydrogen-bond donors (Lipinski definition) is 3. The average molecular weight is 499 g/mol. The minimum atomic E-state index is -0.557. The van der Waals surface area contributed by atoms with Crippen LogP contribution in [0, 0.1) is 0 Å². The Morgan fingerprint density at radius 2 is 1.93 bits per heavy atom. The van der Waals surface area contributed by atoms with Crippen molar-refractivity contribution < 1.29 is 19.4 Å². The van der Waals surface area contributed by atoms with Crippen molar-refractivity contribution in [1.29, 1.82) is 0 Å². The third-order valence-electron chi connectivity index (χ3n) is 3.22. The maximum atomic E-state index is 11.9. The number of carbonyl (C=O) groups excluding carboxylic acids is 2. The van der Waals surface area contributed by atoms with Crippen LogP contribution in [0.15, 0.2) is 50.4 Å². The molecule has 142 valence electrons. The molecule has 2 aromatic rings. The molecule has 0 aliphatic carbocycles. The van der Waals surface area contributed by atoms with Crippen molar-refractivity contribution in [2.24, 2.45) is 5.10 Å². The second kappa shape index (κ2) is 10.1. The second-order valence-electron chi connectivity index (χ2n) is 5.28. The van der Waals surface area contributed by atoms with Crippen LogP contribution in [0.2, 0.25) is 0 Å². The summed E-state index contributed by atoms with van der Waals surface area (Å²) < 4.78 is 6.48. The lowest BCUT2D eigenvalue weighted by atomic mass is 10.2. The number of phenols is 1. The van der Waals surface area contributed by atoms with Crippen LogP contribution in [0.3, 0.4) is 0 Å². The smallest absolute Gasteiger partial charge is 0.249 e. The van der Waals surface area contributed by atoms with Crippen LogP contribution >= 0.6 is 31.9 Å². The van der Waals surface area contributed by atoms with E-state index in [4.69, 9.17) is 4.74 Å². The lowest BCUT2D eigenvalue weighted by molar-refractivity contribution is -0.126. The van der Waals surface area contributed by atoms with E-state index in [-0.39, 0.29) is 12.2 Å². The van der Waals surface area contributed by atoms with Gasteiger partial charge in [-0.05, 0) is 68.6 Å². The summed E-state index contributed by atoms with van der Waals surface area (Å²) in [7, 11) is 0. The van der Waals surface area contributed by atoms with E-state index >= 15 is 0 Å². The maximum Gasteiger partial charge on any atom is 0.249 e. The number of rotatable bonds is 7. The number of phenolic OH excluding ortho intramolecular Hbond substituents is 1. The summed E-state index contributed by atoms with van der Waals surface area (Å²) in [6.45, 7) is 2.19. The number of aromatic hydroxyl groups is 1. The molecule has 0 atom stereocenters. The Balaban J connectivity index is 1.91. The van der Waals surface area contributed by atoms with Crippen LogP contribution in [-0.4, -0.2) is 29.7 Å². The molecule has 0 unspecified atom stereocenters. The molecule has 2 aromatic carbocycles. The van der Waals surface area contributed by atoms with Crippen molar-refractivity contribution in [3.8, 4) is 11.5 Å². The van der Waals surface area contributed by atoms with Crippen LogP contribution in [0.1, 0.15) is 18.9 Å². The molecule has 0 saturated carbocycles. The molecule has 0 fully saturated rings. The van der Waals surface area contributed by atoms with E-state index in [9.17, 15) is 14.7 Å². The minimum Gasteiger partial charge on any atom is -0.503 e. The van der Waals surface area contributed by atoms with Gasteiger partial charge in [-0.15, -0.1) is 0 Å². The van der Waals surface area contributed by atoms with Gasteiger partial charge in [0, 0.05) is 4.47 Å². The number of hydrogen-bond acceptors (Lipinski definition) is 5. The number of nitrogens with zero attached hydrogens (tertiary/aromatic N) is 1. The Kier molecular flexibility index (Phi) is 7.81. The molecule has 0 bridgehead atoms. The summed E-state index contributed by atoms with van der Waals surface area (Å²) >= 11 is 6.54. The molecule has 0 radical (unpaired) electrons. The predicted molar refractivity (Wildman–Crippen MR) is 110 cm³/mol. The van der Waals surface area contributed by atoms with E-state index in [1.807, 2.05) is 6.07 Å². The Hall–Kier alpha value is -2.39. The van der Waals surface area contributed by atoms with Gasteiger partial charge in [0.2, 0.25) is 11.8 Å². The number of para-hydroxylation sites is 1. The molecule has 0 aliphatic heterocycles.